The fourth-order valence-corrected chi connectivity index (χ4v) is 1.08. The van der Waals surface area contributed by atoms with E-state index in [0.717, 1.165) is 13.0 Å². The summed E-state index contributed by atoms with van der Waals surface area (Å²) in [4.78, 5) is 12.2. The molecular weight excluding hydrogens is 116 g/mol. The number of urea groups is 1. The number of hydrogen-bond acceptors (Lipinski definition) is 1. The first-order chi connectivity index (χ1) is 4.04. The number of likely N-dealkylation sites (tertiary alicyclic amines) is 1. The largest absolute Gasteiger partial charge is 0.351 e. The summed E-state index contributed by atoms with van der Waals surface area (Å²) >= 11 is 0. The van der Waals surface area contributed by atoms with Crippen LogP contribution in [-0.2, 0) is 0 Å². The predicted octanol–water partition coefficient (Wildman–Crippen LogP) is 0.549. The smallest absolute Gasteiger partial charge is 0.315 e. The Bertz CT molecular complexity index is 142. The van der Waals surface area contributed by atoms with E-state index in [1.54, 1.807) is 4.90 Å². The average Bonchev–Trinajstić information content (AvgIpc) is 1.62. The number of carbonyl (C=O) groups is 1. The van der Waals surface area contributed by atoms with Gasteiger partial charge in [0.15, 0.2) is 0 Å². The molecule has 0 aromatic carbocycles. The molecule has 0 spiro atoms. The van der Waals surface area contributed by atoms with Crippen molar-refractivity contribution >= 4 is 6.03 Å². The Balaban J connectivity index is 2.55. The molecule has 0 unspecified atom stereocenters. The van der Waals surface area contributed by atoms with Crippen molar-refractivity contribution in [3.63, 3.8) is 0 Å². The highest BCUT2D eigenvalue weighted by Gasteiger charge is 2.37. The van der Waals surface area contributed by atoms with Crippen LogP contribution in [0.2, 0.25) is 0 Å². The van der Waals surface area contributed by atoms with Gasteiger partial charge in [-0.15, -0.1) is 0 Å². The number of amides is 2. The summed E-state index contributed by atoms with van der Waals surface area (Å²) in [5.74, 6) is 0. The van der Waals surface area contributed by atoms with Crippen molar-refractivity contribution in [1.82, 2.24) is 4.90 Å². The molecule has 1 rings (SSSR count). The molecule has 0 aromatic rings. The van der Waals surface area contributed by atoms with Crippen LogP contribution in [0.1, 0.15) is 20.3 Å². The molecule has 9 heavy (non-hydrogen) atoms. The fourth-order valence-electron chi connectivity index (χ4n) is 1.08. The third kappa shape index (κ3) is 0.866. The Hall–Kier alpha value is -0.730. The van der Waals surface area contributed by atoms with Crippen LogP contribution < -0.4 is 5.73 Å². The van der Waals surface area contributed by atoms with Gasteiger partial charge >= 0.3 is 6.03 Å². The van der Waals surface area contributed by atoms with Gasteiger partial charge in [-0.1, -0.05) is 0 Å². The lowest BCUT2D eigenvalue weighted by Crippen LogP contribution is -2.60. The SMILES string of the molecule is CC1(C)CCN1C(N)=O. The molecule has 0 radical (unpaired) electrons. The summed E-state index contributed by atoms with van der Waals surface area (Å²) in [6.07, 6.45) is 1.07. The molecule has 1 saturated heterocycles. The van der Waals surface area contributed by atoms with Crippen molar-refractivity contribution < 1.29 is 4.79 Å². The molecule has 0 bridgehead atoms. The number of hydrogen-bond donors (Lipinski definition) is 1. The molecular formula is C6H12N2O. The summed E-state index contributed by atoms with van der Waals surface area (Å²) in [5.41, 5.74) is 5.08. The third-order valence-electron chi connectivity index (χ3n) is 1.94. The van der Waals surface area contributed by atoms with Gasteiger partial charge in [0, 0.05) is 12.1 Å². The minimum Gasteiger partial charge on any atom is -0.351 e. The number of primary amides is 1. The lowest BCUT2D eigenvalue weighted by molar-refractivity contribution is 0.0585. The quantitative estimate of drug-likeness (QED) is 0.508. The molecule has 1 fully saturated rings. The van der Waals surface area contributed by atoms with Gasteiger partial charge in [-0.05, 0) is 20.3 Å². The van der Waals surface area contributed by atoms with E-state index in [9.17, 15) is 4.79 Å². The highest BCUT2D eigenvalue weighted by Crippen LogP contribution is 2.28. The molecule has 0 aliphatic carbocycles. The van der Waals surface area contributed by atoms with E-state index in [4.69, 9.17) is 5.73 Å². The van der Waals surface area contributed by atoms with Crippen molar-refractivity contribution in [1.29, 1.82) is 0 Å². The summed E-state index contributed by atoms with van der Waals surface area (Å²) in [5, 5.41) is 0. The normalized spacial score (nSPS) is 23.1. The molecule has 1 heterocycles. The average molecular weight is 128 g/mol. The maximum Gasteiger partial charge on any atom is 0.315 e. The van der Waals surface area contributed by atoms with Gasteiger partial charge in [0.05, 0.1) is 0 Å². The zero-order valence-electron chi connectivity index (χ0n) is 5.85. The number of nitrogens with zero attached hydrogens (tertiary/aromatic N) is 1. The summed E-state index contributed by atoms with van der Waals surface area (Å²) < 4.78 is 0. The Morgan fingerprint density at radius 3 is 2.22 bits per heavy atom. The molecule has 52 valence electrons. The maximum absolute atomic E-state index is 10.5. The van der Waals surface area contributed by atoms with Crippen molar-refractivity contribution in [2.24, 2.45) is 5.73 Å². The highest BCUT2D eigenvalue weighted by molar-refractivity contribution is 5.73. The third-order valence-corrected chi connectivity index (χ3v) is 1.94. The van der Waals surface area contributed by atoms with Crippen LogP contribution in [0.5, 0.6) is 0 Å². The van der Waals surface area contributed by atoms with Gasteiger partial charge in [-0.25, -0.2) is 4.79 Å². The van der Waals surface area contributed by atoms with Crippen LogP contribution in [0, 0.1) is 0 Å². The van der Waals surface area contributed by atoms with Crippen molar-refractivity contribution in [3.8, 4) is 0 Å². The lowest BCUT2D eigenvalue weighted by atomic mass is 9.90. The van der Waals surface area contributed by atoms with Gasteiger partial charge < -0.3 is 10.6 Å². The maximum atomic E-state index is 10.5. The van der Waals surface area contributed by atoms with Gasteiger partial charge in [0.1, 0.15) is 0 Å². The minimum absolute atomic E-state index is 0.0197. The molecule has 3 nitrogen and oxygen atoms in total. The van der Waals surface area contributed by atoms with Crippen LogP contribution in [0.4, 0.5) is 4.79 Å². The Kier molecular flexibility index (Phi) is 1.15. The van der Waals surface area contributed by atoms with Gasteiger partial charge in [0.25, 0.3) is 0 Å². The van der Waals surface area contributed by atoms with Crippen molar-refractivity contribution in [3.05, 3.63) is 0 Å². The van der Waals surface area contributed by atoms with E-state index in [-0.39, 0.29) is 11.6 Å². The zero-order valence-corrected chi connectivity index (χ0v) is 5.85. The minimum atomic E-state index is -0.300. The monoisotopic (exact) mass is 128 g/mol. The van der Waals surface area contributed by atoms with Crippen LogP contribution in [0.15, 0.2) is 0 Å². The van der Waals surface area contributed by atoms with E-state index < -0.39 is 0 Å². The second kappa shape index (κ2) is 1.62. The van der Waals surface area contributed by atoms with Crippen LogP contribution >= 0.6 is 0 Å². The fraction of sp³-hybridized carbons (Fsp3) is 0.833. The van der Waals surface area contributed by atoms with Crippen LogP contribution in [0.3, 0.4) is 0 Å². The lowest BCUT2D eigenvalue weighted by Gasteiger charge is -2.47. The first-order valence-electron chi connectivity index (χ1n) is 3.11. The summed E-state index contributed by atoms with van der Waals surface area (Å²) in [7, 11) is 0. The van der Waals surface area contributed by atoms with Crippen LogP contribution in [0.25, 0.3) is 0 Å². The van der Waals surface area contributed by atoms with Gasteiger partial charge in [-0.3, -0.25) is 0 Å². The van der Waals surface area contributed by atoms with Crippen LogP contribution in [-0.4, -0.2) is 23.0 Å². The second-order valence-electron chi connectivity index (χ2n) is 3.05. The number of rotatable bonds is 0. The first-order valence-corrected chi connectivity index (χ1v) is 3.11. The summed E-state index contributed by atoms with van der Waals surface area (Å²) in [6.45, 7) is 4.85. The van der Waals surface area contributed by atoms with E-state index in [1.165, 1.54) is 0 Å². The molecule has 1 aliphatic rings. The topological polar surface area (TPSA) is 46.3 Å². The van der Waals surface area contributed by atoms with Crippen molar-refractivity contribution in [2.45, 2.75) is 25.8 Å². The van der Waals surface area contributed by atoms with E-state index in [1.807, 2.05) is 13.8 Å². The Morgan fingerprint density at radius 2 is 2.22 bits per heavy atom. The van der Waals surface area contributed by atoms with E-state index in [2.05, 4.69) is 0 Å². The Morgan fingerprint density at radius 1 is 1.67 bits per heavy atom. The van der Waals surface area contributed by atoms with Gasteiger partial charge in [-0.2, -0.15) is 0 Å². The zero-order chi connectivity index (χ0) is 7.07. The van der Waals surface area contributed by atoms with E-state index >= 15 is 0 Å². The molecule has 2 amide bonds. The number of nitrogens with two attached hydrogens (primary N) is 1. The van der Waals surface area contributed by atoms with Crippen molar-refractivity contribution in [2.75, 3.05) is 6.54 Å². The Labute approximate surface area is 54.8 Å². The highest BCUT2D eigenvalue weighted by atomic mass is 16.2. The standard InChI is InChI=1S/C6H12N2O/c1-6(2)3-4-8(6)5(7)9/h3-4H2,1-2H3,(H2,7,9). The van der Waals surface area contributed by atoms with E-state index in [0.29, 0.717) is 0 Å². The molecule has 1 aliphatic heterocycles. The molecule has 3 heteroatoms. The molecule has 2 N–H and O–H groups in total. The predicted molar refractivity (Wildman–Crippen MR) is 35.0 cm³/mol. The first kappa shape index (κ1) is 6.39. The molecule has 0 atom stereocenters. The molecule has 0 saturated carbocycles. The van der Waals surface area contributed by atoms with Gasteiger partial charge in [0.2, 0.25) is 0 Å². The molecule has 0 aromatic heterocycles. The number of carbonyl (C=O) groups excluding carboxylic acids is 1. The second-order valence-corrected chi connectivity index (χ2v) is 3.05. The summed E-state index contributed by atoms with van der Waals surface area (Å²) in [6, 6.07) is -0.300.